The number of fused-ring (bicyclic) bond motifs is 1. The van der Waals surface area contributed by atoms with Crippen molar-refractivity contribution in [2.24, 2.45) is 11.8 Å². The molecule has 7 nitrogen and oxygen atoms in total. The van der Waals surface area contributed by atoms with E-state index in [4.69, 9.17) is 0 Å². The van der Waals surface area contributed by atoms with Crippen molar-refractivity contribution in [2.75, 3.05) is 6.54 Å². The van der Waals surface area contributed by atoms with E-state index in [2.05, 4.69) is 10.3 Å². The smallest absolute Gasteiger partial charge is 0.326 e. The second kappa shape index (κ2) is 5.98. The van der Waals surface area contributed by atoms with Crippen LogP contribution in [0.4, 0.5) is 0 Å². The van der Waals surface area contributed by atoms with Gasteiger partial charge in [-0.15, -0.1) is 5.10 Å². The van der Waals surface area contributed by atoms with Crippen LogP contribution >= 0.6 is 0 Å². The molecule has 130 valence electrons. The maximum Gasteiger partial charge on any atom is 0.326 e. The Labute approximate surface area is 145 Å². The molecule has 1 saturated heterocycles. The van der Waals surface area contributed by atoms with E-state index in [1.165, 1.54) is 4.90 Å². The number of carbonyl (C=O) groups excluding carboxylic acids is 1. The van der Waals surface area contributed by atoms with Gasteiger partial charge in [-0.1, -0.05) is 29.3 Å². The Morgan fingerprint density at radius 1 is 1.20 bits per heavy atom. The van der Waals surface area contributed by atoms with Crippen LogP contribution in [-0.4, -0.2) is 49.5 Å². The number of hydrogen-bond donors (Lipinski definition) is 1. The van der Waals surface area contributed by atoms with Crippen molar-refractivity contribution in [1.29, 1.82) is 0 Å². The van der Waals surface area contributed by atoms with Gasteiger partial charge >= 0.3 is 5.97 Å². The van der Waals surface area contributed by atoms with Gasteiger partial charge in [0.1, 0.15) is 6.04 Å². The fourth-order valence-corrected chi connectivity index (χ4v) is 4.16. The van der Waals surface area contributed by atoms with Crippen molar-refractivity contribution < 1.29 is 14.7 Å². The zero-order chi connectivity index (χ0) is 17.6. The van der Waals surface area contributed by atoms with Gasteiger partial charge < -0.3 is 10.0 Å². The number of carbonyl (C=O) groups is 2. The van der Waals surface area contributed by atoms with Gasteiger partial charge in [-0.3, -0.25) is 4.79 Å². The standard InChI is InChI=1S/C18H20N4O3/c1-11-5-7-13(8-6-11)22-10-15(19-20-22)17(23)21-9-12-3-2-4-14(12)16(21)18(24)25/h5-8,10,12,14,16H,2-4,9H2,1H3,(H,24,25). The Balaban J connectivity index is 1.59. The number of benzene rings is 1. The summed E-state index contributed by atoms with van der Waals surface area (Å²) < 4.78 is 1.54. The topological polar surface area (TPSA) is 88.3 Å². The van der Waals surface area contributed by atoms with Crippen LogP contribution in [0.2, 0.25) is 0 Å². The van der Waals surface area contributed by atoms with E-state index in [9.17, 15) is 14.7 Å². The summed E-state index contributed by atoms with van der Waals surface area (Å²) in [6.07, 6.45) is 4.49. The number of likely N-dealkylation sites (tertiary alicyclic amines) is 1. The Kier molecular flexibility index (Phi) is 3.78. The first-order valence-electron chi connectivity index (χ1n) is 8.58. The third-order valence-electron chi connectivity index (χ3n) is 5.42. The fourth-order valence-electron chi connectivity index (χ4n) is 4.16. The molecule has 3 unspecified atom stereocenters. The van der Waals surface area contributed by atoms with E-state index in [0.717, 1.165) is 30.5 Å². The van der Waals surface area contributed by atoms with Gasteiger partial charge in [0, 0.05) is 6.54 Å². The van der Waals surface area contributed by atoms with Crippen molar-refractivity contribution in [1.82, 2.24) is 19.9 Å². The number of aromatic nitrogens is 3. The minimum Gasteiger partial charge on any atom is -0.480 e. The molecular weight excluding hydrogens is 320 g/mol. The van der Waals surface area contributed by atoms with Crippen LogP contribution in [0.15, 0.2) is 30.5 Å². The minimum absolute atomic E-state index is 0.0635. The number of carboxylic acid groups (broad SMARTS) is 1. The van der Waals surface area contributed by atoms with Gasteiger partial charge in [-0.2, -0.15) is 0 Å². The summed E-state index contributed by atoms with van der Waals surface area (Å²) in [7, 11) is 0. The summed E-state index contributed by atoms with van der Waals surface area (Å²) in [5, 5.41) is 17.6. The quantitative estimate of drug-likeness (QED) is 0.922. The Hall–Kier alpha value is -2.70. The molecule has 0 bridgehead atoms. The minimum atomic E-state index is -0.923. The van der Waals surface area contributed by atoms with E-state index in [1.54, 1.807) is 10.9 Å². The second-order valence-corrected chi connectivity index (χ2v) is 6.98. The van der Waals surface area contributed by atoms with Crippen LogP contribution in [0.1, 0.15) is 35.3 Å². The molecule has 2 aliphatic rings. The summed E-state index contributed by atoms with van der Waals surface area (Å²) in [6.45, 7) is 2.49. The van der Waals surface area contributed by atoms with Crippen molar-refractivity contribution in [3.05, 3.63) is 41.7 Å². The maximum atomic E-state index is 12.8. The molecule has 2 aromatic rings. The molecular formula is C18H20N4O3. The van der Waals surface area contributed by atoms with Crippen LogP contribution in [0.3, 0.4) is 0 Å². The first kappa shape index (κ1) is 15.8. The van der Waals surface area contributed by atoms with Crippen molar-refractivity contribution in [3.8, 4) is 5.69 Å². The molecule has 25 heavy (non-hydrogen) atoms. The highest BCUT2D eigenvalue weighted by atomic mass is 16.4. The lowest BCUT2D eigenvalue weighted by Crippen LogP contribution is -2.43. The highest BCUT2D eigenvalue weighted by molar-refractivity contribution is 5.95. The summed E-state index contributed by atoms with van der Waals surface area (Å²) in [5.41, 5.74) is 2.13. The third-order valence-corrected chi connectivity index (χ3v) is 5.42. The van der Waals surface area contributed by atoms with E-state index in [1.807, 2.05) is 31.2 Å². The maximum absolute atomic E-state index is 12.8. The molecule has 3 atom stereocenters. The Morgan fingerprint density at radius 3 is 2.68 bits per heavy atom. The molecule has 1 amide bonds. The van der Waals surface area contributed by atoms with Crippen LogP contribution in [0.25, 0.3) is 5.69 Å². The zero-order valence-electron chi connectivity index (χ0n) is 14.0. The molecule has 1 aromatic carbocycles. The normalized spacial score (nSPS) is 25.2. The molecule has 1 aromatic heterocycles. The number of carboxylic acids is 1. The number of aliphatic carboxylic acids is 1. The molecule has 2 fully saturated rings. The lowest BCUT2D eigenvalue weighted by atomic mass is 9.94. The Morgan fingerprint density at radius 2 is 1.96 bits per heavy atom. The Bertz CT molecular complexity index is 814. The predicted octanol–water partition coefficient (Wildman–Crippen LogP) is 1.90. The summed E-state index contributed by atoms with van der Waals surface area (Å²) in [5.74, 6) is -0.917. The monoisotopic (exact) mass is 340 g/mol. The molecule has 7 heteroatoms. The molecule has 1 saturated carbocycles. The number of amides is 1. The molecule has 0 radical (unpaired) electrons. The first-order valence-corrected chi connectivity index (χ1v) is 8.58. The highest BCUT2D eigenvalue weighted by Gasteiger charge is 2.50. The van der Waals surface area contributed by atoms with Gasteiger partial charge in [0.25, 0.3) is 5.91 Å². The predicted molar refractivity (Wildman–Crippen MR) is 89.4 cm³/mol. The SMILES string of the molecule is Cc1ccc(-n2cc(C(=O)N3CC4CCCC4C3C(=O)O)nn2)cc1. The highest BCUT2D eigenvalue weighted by Crippen LogP contribution is 2.42. The van der Waals surface area contributed by atoms with E-state index in [-0.39, 0.29) is 23.4 Å². The van der Waals surface area contributed by atoms with Crippen LogP contribution in [-0.2, 0) is 4.79 Å². The molecule has 2 heterocycles. The van der Waals surface area contributed by atoms with Gasteiger partial charge in [-0.25, -0.2) is 9.48 Å². The summed E-state index contributed by atoms with van der Waals surface area (Å²) in [6, 6.07) is 6.97. The number of nitrogens with zero attached hydrogens (tertiary/aromatic N) is 4. The molecule has 4 rings (SSSR count). The second-order valence-electron chi connectivity index (χ2n) is 6.98. The molecule has 1 N–H and O–H groups in total. The number of hydrogen-bond acceptors (Lipinski definition) is 4. The van der Waals surface area contributed by atoms with Crippen molar-refractivity contribution in [2.45, 2.75) is 32.2 Å². The first-order chi connectivity index (χ1) is 12.0. The number of rotatable bonds is 3. The molecule has 1 aliphatic heterocycles. The van der Waals surface area contributed by atoms with Gasteiger partial charge in [0.05, 0.1) is 11.9 Å². The average molecular weight is 340 g/mol. The van der Waals surface area contributed by atoms with Gasteiger partial charge in [-0.05, 0) is 43.7 Å². The zero-order valence-corrected chi connectivity index (χ0v) is 14.0. The fraction of sp³-hybridized carbons (Fsp3) is 0.444. The van der Waals surface area contributed by atoms with E-state index >= 15 is 0 Å². The lowest BCUT2D eigenvalue weighted by Gasteiger charge is -2.23. The van der Waals surface area contributed by atoms with Gasteiger partial charge in [0.15, 0.2) is 5.69 Å². The van der Waals surface area contributed by atoms with Crippen LogP contribution in [0.5, 0.6) is 0 Å². The largest absolute Gasteiger partial charge is 0.480 e. The van der Waals surface area contributed by atoms with Crippen LogP contribution < -0.4 is 0 Å². The lowest BCUT2D eigenvalue weighted by molar-refractivity contribution is -0.142. The van der Waals surface area contributed by atoms with Gasteiger partial charge in [0.2, 0.25) is 0 Å². The van der Waals surface area contributed by atoms with Crippen LogP contribution in [0, 0.1) is 18.8 Å². The molecule has 1 aliphatic carbocycles. The third kappa shape index (κ3) is 2.69. The van der Waals surface area contributed by atoms with Crippen molar-refractivity contribution in [3.63, 3.8) is 0 Å². The van der Waals surface area contributed by atoms with E-state index < -0.39 is 12.0 Å². The summed E-state index contributed by atoms with van der Waals surface area (Å²) in [4.78, 5) is 26.0. The number of aryl methyl sites for hydroxylation is 1. The summed E-state index contributed by atoms with van der Waals surface area (Å²) >= 11 is 0. The molecule has 0 spiro atoms. The van der Waals surface area contributed by atoms with E-state index in [0.29, 0.717) is 6.54 Å². The van der Waals surface area contributed by atoms with Crippen molar-refractivity contribution >= 4 is 11.9 Å². The average Bonchev–Trinajstić information content (AvgIpc) is 3.29.